The van der Waals surface area contributed by atoms with Crippen molar-refractivity contribution in [1.82, 2.24) is 4.90 Å². The van der Waals surface area contributed by atoms with E-state index in [0.717, 1.165) is 18.4 Å². The van der Waals surface area contributed by atoms with Crippen molar-refractivity contribution in [2.45, 2.75) is 25.8 Å². The van der Waals surface area contributed by atoms with Crippen molar-refractivity contribution in [3.05, 3.63) is 29.6 Å². The van der Waals surface area contributed by atoms with Crippen LogP contribution in [0.2, 0.25) is 0 Å². The second-order valence-electron chi connectivity index (χ2n) is 4.76. The monoisotopic (exact) mass is 251 g/mol. The molecule has 1 fully saturated rings. The van der Waals surface area contributed by atoms with Crippen LogP contribution in [0.25, 0.3) is 0 Å². The first-order valence-corrected chi connectivity index (χ1v) is 6.14. The molecule has 2 amide bonds. The summed E-state index contributed by atoms with van der Waals surface area (Å²) in [6.45, 7) is 3.00. The Labute approximate surface area is 106 Å². The van der Waals surface area contributed by atoms with E-state index in [1.807, 2.05) is 0 Å². The van der Waals surface area contributed by atoms with Gasteiger partial charge >= 0.3 is 6.03 Å². The van der Waals surface area contributed by atoms with Crippen LogP contribution in [0.4, 0.5) is 14.9 Å². The predicted octanol–water partition coefficient (Wildman–Crippen LogP) is 2.09. The van der Waals surface area contributed by atoms with Gasteiger partial charge < -0.3 is 16.0 Å². The van der Waals surface area contributed by atoms with Gasteiger partial charge in [-0.25, -0.2) is 9.18 Å². The van der Waals surface area contributed by atoms with Crippen molar-refractivity contribution in [3.8, 4) is 0 Å². The van der Waals surface area contributed by atoms with Gasteiger partial charge in [-0.3, -0.25) is 0 Å². The Morgan fingerprint density at radius 1 is 1.56 bits per heavy atom. The fourth-order valence-electron chi connectivity index (χ4n) is 2.11. The quantitative estimate of drug-likeness (QED) is 0.803. The maximum Gasteiger partial charge on any atom is 0.321 e. The van der Waals surface area contributed by atoms with E-state index in [-0.39, 0.29) is 17.8 Å². The van der Waals surface area contributed by atoms with Gasteiger partial charge in [-0.15, -0.1) is 0 Å². The molecule has 4 nitrogen and oxygen atoms in total. The Kier molecular flexibility index (Phi) is 3.81. The molecule has 1 aliphatic heterocycles. The summed E-state index contributed by atoms with van der Waals surface area (Å²) in [5.41, 5.74) is 6.85. The van der Waals surface area contributed by atoms with Crippen LogP contribution in [0.3, 0.4) is 0 Å². The van der Waals surface area contributed by atoms with Crippen LogP contribution >= 0.6 is 0 Å². The van der Waals surface area contributed by atoms with E-state index in [1.165, 1.54) is 6.07 Å². The summed E-state index contributed by atoms with van der Waals surface area (Å²) < 4.78 is 13.6. The van der Waals surface area contributed by atoms with E-state index in [1.54, 1.807) is 24.0 Å². The third-order valence-electron chi connectivity index (χ3n) is 3.11. The number of hydrogen-bond donors (Lipinski definition) is 2. The van der Waals surface area contributed by atoms with Crippen LogP contribution in [0, 0.1) is 12.7 Å². The molecule has 1 heterocycles. The zero-order chi connectivity index (χ0) is 13.1. The highest BCUT2D eigenvalue weighted by Crippen LogP contribution is 2.17. The molecule has 0 radical (unpaired) electrons. The number of urea groups is 1. The van der Waals surface area contributed by atoms with Gasteiger partial charge in [0, 0.05) is 19.1 Å². The van der Waals surface area contributed by atoms with E-state index in [9.17, 15) is 9.18 Å². The maximum atomic E-state index is 13.6. The number of carbonyl (C=O) groups is 1. The molecule has 0 aliphatic carbocycles. The smallest absolute Gasteiger partial charge is 0.321 e. The van der Waals surface area contributed by atoms with E-state index in [0.29, 0.717) is 13.1 Å². The molecular formula is C13H18FN3O. The number of aryl methyl sites for hydroxylation is 1. The van der Waals surface area contributed by atoms with Crippen molar-refractivity contribution in [1.29, 1.82) is 0 Å². The number of rotatable bonds is 1. The van der Waals surface area contributed by atoms with Gasteiger partial charge in [0.15, 0.2) is 0 Å². The lowest BCUT2D eigenvalue weighted by Crippen LogP contribution is -2.47. The highest BCUT2D eigenvalue weighted by atomic mass is 19.1. The molecule has 3 N–H and O–H groups in total. The molecule has 1 saturated heterocycles. The molecule has 1 aromatic carbocycles. The minimum Gasteiger partial charge on any atom is -0.326 e. The van der Waals surface area contributed by atoms with Crippen LogP contribution in [-0.2, 0) is 0 Å². The molecule has 0 aromatic heterocycles. The molecule has 2 rings (SSSR count). The van der Waals surface area contributed by atoms with Crippen molar-refractivity contribution >= 4 is 11.7 Å². The van der Waals surface area contributed by atoms with Gasteiger partial charge in [0.1, 0.15) is 5.82 Å². The number of anilines is 1. The third-order valence-corrected chi connectivity index (χ3v) is 3.11. The number of hydrogen-bond acceptors (Lipinski definition) is 2. The van der Waals surface area contributed by atoms with Crippen LogP contribution < -0.4 is 11.1 Å². The first-order valence-electron chi connectivity index (χ1n) is 6.14. The van der Waals surface area contributed by atoms with Crippen molar-refractivity contribution in [2.75, 3.05) is 18.4 Å². The molecule has 0 bridgehead atoms. The summed E-state index contributed by atoms with van der Waals surface area (Å²) in [4.78, 5) is 13.6. The number of nitrogens with two attached hydrogens (primary N) is 1. The Balaban J connectivity index is 2.02. The zero-order valence-electron chi connectivity index (χ0n) is 10.4. The number of halogens is 1. The average Bonchev–Trinajstić information content (AvgIpc) is 2.32. The Morgan fingerprint density at radius 3 is 3.00 bits per heavy atom. The number of carbonyl (C=O) groups excluding carboxylic acids is 1. The van der Waals surface area contributed by atoms with Gasteiger partial charge in [-0.1, -0.05) is 6.07 Å². The molecular weight excluding hydrogens is 233 g/mol. The molecule has 0 spiro atoms. The number of amides is 2. The lowest BCUT2D eigenvalue weighted by molar-refractivity contribution is 0.193. The van der Waals surface area contributed by atoms with Crippen LogP contribution in [0.15, 0.2) is 18.2 Å². The SMILES string of the molecule is Cc1ccc(NC(=O)N2CCC[C@@H](N)C2)c(F)c1. The fraction of sp³-hybridized carbons (Fsp3) is 0.462. The summed E-state index contributed by atoms with van der Waals surface area (Å²) in [6, 6.07) is 4.48. The van der Waals surface area contributed by atoms with Gasteiger partial charge in [-0.05, 0) is 37.5 Å². The average molecular weight is 251 g/mol. The summed E-state index contributed by atoms with van der Waals surface area (Å²) in [5, 5.41) is 2.58. The van der Waals surface area contributed by atoms with Crippen molar-refractivity contribution in [3.63, 3.8) is 0 Å². The maximum absolute atomic E-state index is 13.6. The number of nitrogens with one attached hydrogen (secondary N) is 1. The van der Waals surface area contributed by atoms with Gasteiger partial charge in [0.2, 0.25) is 0 Å². The molecule has 98 valence electrons. The minimum absolute atomic E-state index is 0.0207. The van der Waals surface area contributed by atoms with Crippen molar-refractivity contribution < 1.29 is 9.18 Å². The molecule has 1 atom stereocenters. The standard InChI is InChI=1S/C13H18FN3O/c1-9-4-5-12(11(14)7-9)16-13(18)17-6-2-3-10(15)8-17/h4-5,7,10H,2-3,6,8,15H2,1H3,(H,16,18)/t10-/m1/s1. The van der Waals surface area contributed by atoms with Gasteiger partial charge in [-0.2, -0.15) is 0 Å². The molecule has 0 unspecified atom stereocenters. The van der Waals surface area contributed by atoms with Crippen molar-refractivity contribution in [2.24, 2.45) is 5.73 Å². The first kappa shape index (κ1) is 12.8. The van der Waals surface area contributed by atoms with E-state index >= 15 is 0 Å². The molecule has 5 heteroatoms. The van der Waals surface area contributed by atoms with Crippen LogP contribution in [0.1, 0.15) is 18.4 Å². The Bertz CT molecular complexity index is 450. The highest BCUT2D eigenvalue weighted by Gasteiger charge is 2.21. The zero-order valence-corrected chi connectivity index (χ0v) is 10.4. The Hall–Kier alpha value is -1.62. The van der Waals surface area contributed by atoms with E-state index in [2.05, 4.69) is 5.32 Å². The number of likely N-dealkylation sites (tertiary alicyclic amines) is 1. The summed E-state index contributed by atoms with van der Waals surface area (Å²) in [5.74, 6) is -0.412. The Morgan fingerprint density at radius 2 is 2.33 bits per heavy atom. The van der Waals surface area contributed by atoms with Gasteiger partial charge in [0.25, 0.3) is 0 Å². The number of benzene rings is 1. The number of piperidine rings is 1. The summed E-state index contributed by atoms with van der Waals surface area (Å²) >= 11 is 0. The largest absolute Gasteiger partial charge is 0.326 e. The second kappa shape index (κ2) is 5.35. The molecule has 18 heavy (non-hydrogen) atoms. The van der Waals surface area contributed by atoms with Crippen LogP contribution in [0.5, 0.6) is 0 Å². The van der Waals surface area contributed by atoms with E-state index in [4.69, 9.17) is 5.73 Å². The lowest BCUT2D eigenvalue weighted by atomic mass is 10.1. The minimum atomic E-state index is -0.412. The number of nitrogens with zero attached hydrogens (tertiary/aromatic N) is 1. The summed E-state index contributed by atoms with van der Waals surface area (Å²) in [7, 11) is 0. The fourth-order valence-corrected chi connectivity index (χ4v) is 2.11. The predicted molar refractivity (Wildman–Crippen MR) is 68.9 cm³/mol. The first-order chi connectivity index (χ1) is 8.56. The third kappa shape index (κ3) is 2.98. The molecule has 1 aliphatic rings. The lowest BCUT2D eigenvalue weighted by Gasteiger charge is -2.30. The van der Waals surface area contributed by atoms with E-state index < -0.39 is 5.82 Å². The molecule has 1 aromatic rings. The topological polar surface area (TPSA) is 58.4 Å². The molecule has 0 saturated carbocycles. The highest BCUT2D eigenvalue weighted by molar-refractivity contribution is 5.89. The summed E-state index contributed by atoms with van der Waals surface area (Å²) in [6.07, 6.45) is 1.83. The van der Waals surface area contributed by atoms with Crippen LogP contribution in [-0.4, -0.2) is 30.1 Å². The second-order valence-corrected chi connectivity index (χ2v) is 4.76. The van der Waals surface area contributed by atoms with Gasteiger partial charge in [0.05, 0.1) is 5.69 Å². The normalized spacial score (nSPS) is 19.7.